The van der Waals surface area contributed by atoms with Crippen LogP contribution in [-0.4, -0.2) is 17.6 Å². The second-order valence-corrected chi connectivity index (χ2v) is 3.50. The summed E-state index contributed by atoms with van der Waals surface area (Å²) >= 11 is 0. The van der Waals surface area contributed by atoms with Crippen LogP contribution in [-0.2, 0) is 0 Å². The first-order valence-electron chi connectivity index (χ1n) is 4.69. The summed E-state index contributed by atoms with van der Waals surface area (Å²) in [6.45, 7) is 1.31. The highest BCUT2D eigenvalue weighted by atomic mass is 19.4. The van der Waals surface area contributed by atoms with Crippen LogP contribution in [0.2, 0.25) is 0 Å². The third-order valence-corrected chi connectivity index (χ3v) is 2.08. The molecule has 3 N–H and O–H groups in total. The molecule has 7 heteroatoms. The normalized spacial score (nSPS) is 15.5. The van der Waals surface area contributed by atoms with Crippen molar-refractivity contribution in [2.45, 2.75) is 25.4 Å². The van der Waals surface area contributed by atoms with Crippen molar-refractivity contribution in [3.8, 4) is 5.75 Å². The monoisotopic (exact) mass is 253 g/mol. The van der Waals surface area contributed by atoms with Gasteiger partial charge in [-0.3, -0.25) is 0 Å². The number of alkyl halides is 3. The Morgan fingerprint density at radius 3 is 2.41 bits per heavy atom. The van der Waals surface area contributed by atoms with Crippen LogP contribution in [0.25, 0.3) is 0 Å². The number of benzene rings is 1. The average Bonchev–Trinajstić information content (AvgIpc) is 2.17. The zero-order chi connectivity index (χ0) is 13.2. The molecule has 3 nitrogen and oxygen atoms in total. The van der Waals surface area contributed by atoms with Crippen molar-refractivity contribution in [2.24, 2.45) is 5.73 Å². The minimum atomic E-state index is -4.86. The Kier molecular flexibility index (Phi) is 3.94. The van der Waals surface area contributed by atoms with Gasteiger partial charge in [-0.05, 0) is 25.1 Å². The maximum atomic E-state index is 13.3. The number of hydrogen-bond donors (Lipinski definition) is 2. The van der Waals surface area contributed by atoms with Gasteiger partial charge in [-0.25, -0.2) is 4.39 Å². The molecule has 0 bridgehead atoms. The zero-order valence-corrected chi connectivity index (χ0v) is 8.83. The maximum absolute atomic E-state index is 13.3. The molecule has 0 spiro atoms. The summed E-state index contributed by atoms with van der Waals surface area (Å²) in [6.07, 6.45) is -5.95. The molecule has 1 aromatic rings. The number of aliphatic hydroxyl groups is 1. The maximum Gasteiger partial charge on any atom is 0.573 e. The molecule has 0 unspecified atom stereocenters. The topological polar surface area (TPSA) is 55.5 Å². The second kappa shape index (κ2) is 4.89. The SMILES string of the molecule is C[C@H](O)[C@H](N)c1cc(OC(F)(F)F)ccc1F. The Morgan fingerprint density at radius 1 is 1.35 bits per heavy atom. The van der Waals surface area contributed by atoms with Crippen LogP contribution in [0.1, 0.15) is 18.5 Å². The fourth-order valence-corrected chi connectivity index (χ4v) is 1.23. The molecule has 0 saturated heterocycles. The average molecular weight is 253 g/mol. The van der Waals surface area contributed by atoms with Crippen molar-refractivity contribution in [3.05, 3.63) is 29.6 Å². The molecule has 0 saturated carbocycles. The van der Waals surface area contributed by atoms with Crippen molar-refractivity contribution >= 4 is 0 Å². The van der Waals surface area contributed by atoms with E-state index >= 15 is 0 Å². The summed E-state index contributed by atoms with van der Waals surface area (Å²) in [5.74, 6) is -1.38. The predicted octanol–water partition coefficient (Wildman–Crippen LogP) is 2.10. The van der Waals surface area contributed by atoms with Gasteiger partial charge in [0.05, 0.1) is 12.1 Å². The van der Waals surface area contributed by atoms with E-state index in [-0.39, 0.29) is 5.56 Å². The van der Waals surface area contributed by atoms with E-state index < -0.39 is 30.1 Å². The molecule has 0 fully saturated rings. The van der Waals surface area contributed by atoms with Gasteiger partial charge in [-0.15, -0.1) is 13.2 Å². The van der Waals surface area contributed by atoms with Crippen LogP contribution in [0.5, 0.6) is 5.75 Å². The lowest BCUT2D eigenvalue weighted by atomic mass is 10.0. The predicted molar refractivity (Wildman–Crippen MR) is 51.7 cm³/mol. The molecule has 0 aliphatic rings. The molecule has 96 valence electrons. The number of rotatable bonds is 3. The first-order chi connectivity index (χ1) is 7.70. The van der Waals surface area contributed by atoms with Gasteiger partial charge in [0.1, 0.15) is 11.6 Å². The standard InChI is InChI=1S/C10H11F4NO2/c1-5(16)9(15)7-4-6(2-3-8(7)11)17-10(12,13)14/h2-5,9,16H,15H2,1H3/t5-,9-/m0/s1. The lowest BCUT2D eigenvalue weighted by molar-refractivity contribution is -0.274. The van der Waals surface area contributed by atoms with Gasteiger partial charge in [0, 0.05) is 5.56 Å². The van der Waals surface area contributed by atoms with E-state index in [4.69, 9.17) is 10.8 Å². The van der Waals surface area contributed by atoms with Crippen molar-refractivity contribution in [1.82, 2.24) is 0 Å². The van der Waals surface area contributed by atoms with Gasteiger partial charge < -0.3 is 15.6 Å². The molecule has 0 aromatic heterocycles. The van der Waals surface area contributed by atoms with Crippen LogP contribution in [0.4, 0.5) is 17.6 Å². The first kappa shape index (κ1) is 13.7. The van der Waals surface area contributed by atoms with Gasteiger partial charge in [0.25, 0.3) is 0 Å². The van der Waals surface area contributed by atoms with Crippen LogP contribution >= 0.6 is 0 Å². The lowest BCUT2D eigenvalue weighted by Gasteiger charge is -2.17. The minimum absolute atomic E-state index is 0.234. The van der Waals surface area contributed by atoms with E-state index in [2.05, 4.69) is 4.74 Å². The molecule has 1 rings (SSSR count). The number of ether oxygens (including phenoxy) is 1. The number of nitrogens with two attached hydrogens (primary N) is 1. The molecule has 2 atom stereocenters. The first-order valence-corrected chi connectivity index (χ1v) is 4.69. The van der Waals surface area contributed by atoms with Crippen LogP contribution in [0.3, 0.4) is 0 Å². The number of halogens is 4. The summed E-state index contributed by atoms with van der Waals surface area (Å²) in [6, 6.07) is 1.34. The summed E-state index contributed by atoms with van der Waals surface area (Å²) < 4.78 is 52.7. The lowest BCUT2D eigenvalue weighted by Crippen LogP contribution is -2.24. The van der Waals surface area contributed by atoms with E-state index in [0.717, 1.165) is 18.2 Å². The Hall–Kier alpha value is -1.34. The summed E-state index contributed by atoms with van der Waals surface area (Å²) in [7, 11) is 0. The van der Waals surface area contributed by atoms with E-state index in [1.807, 2.05) is 0 Å². The van der Waals surface area contributed by atoms with Crippen LogP contribution in [0, 0.1) is 5.82 Å². The van der Waals surface area contributed by atoms with Gasteiger partial charge in [-0.2, -0.15) is 0 Å². The Morgan fingerprint density at radius 2 is 1.94 bits per heavy atom. The molecule has 0 aliphatic heterocycles. The summed E-state index contributed by atoms with van der Waals surface area (Å²) in [5.41, 5.74) is 5.21. The molecule has 17 heavy (non-hydrogen) atoms. The van der Waals surface area contributed by atoms with Gasteiger partial charge in [-0.1, -0.05) is 0 Å². The molecule has 0 amide bonds. The Labute approximate surface area is 94.8 Å². The molecule has 0 aliphatic carbocycles. The van der Waals surface area contributed by atoms with Crippen molar-refractivity contribution < 1.29 is 27.4 Å². The fraction of sp³-hybridized carbons (Fsp3) is 0.400. The van der Waals surface area contributed by atoms with Gasteiger partial charge in [0.2, 0.25) is 0 Å². The molecule has 1 aromatic carbocycles. The van der Waals surface area contributed by atoms with E-state index in [1.54, 1.807) is 0 Å². The van der Waals surface area contributed by atoms with Crippen LogP contribution < -0.4 is 10.5 Å². The molecular formula is C10H11F4NO2. The number of aliphatic hydroxyl groups excluding tert-OH is 1. The van der Waals surface area contributed by atoms with E-state index in [9.17, 15) is 17.6 Å². The highest BCUT2D eigenvalue weighted by Crippen LogP contribution is 2.27. The third-order valence-electron chi connectivity index (χ3n) is 2.08. The van der Waals surface area contributed by atoms with Gasteiger partial charge >= 0.3 is 6.36 Å². The van der Waals surface area contributed by atoms with Crippen LogP contribution in [0.15, 0.2) is 18.2 Å². The molecule has 0 radical (unpaired) electrons. The smallest absolute Gasteiger partial charge is 0.406 e. The highest BCUT2D eigenvalue weighted by Gasteiger charge is 2.31. The Bertz CT molecular complexity index is 392. The minimum Gasteiger partial charge on any atom is -0.406 e. The van der Waals surface area contributed by atoms with E-state index in [0.29, 0.717) is 0 Å². The molecule has 0 heterocycles. The largest absolute Gasteiger partial charge is 0.573 e. The Balaban J connectivity index is 3.02. The van der Waals surface area contributed by atoms with Crippen molar-refractivity contribution in [1.29, 1.82) is 0 Å². The fourth-order valence-electron chi connectivity index (χ4n) is 1.23. The quantitative estimate of drug-likeness (QED) is 0.811. The summed E-state index contributed by atoms with van der Waals surface area (Å²) in [4.78, 5) is 0. The second-order valence-electron chi connectivity index (χ2n) is 3.50. The number of hydrogen-bond acceptors (Lipinski definition) is 3. The zero-order valence-electron chi connectivity index (χ0n) is 8.83. The highest BCUT2D eigenvalue weighted by molar-refractivity contribution is 5.32. The van der Waals surface area contributed by atoms with Crippen molar-refractivity contribution in [3.63, 3.8) is 0 Å². The van der Waals surface area contributed by atoms with Crippen molar-refractivity contribution in [2.75, 3.05) is 0 Å². The van der Waals surface area contributed by atoms with Gasteiger partial charge in [0.15, 0.2) is 0 Å². The van der Waals surface area contributed by atoms with E-state index in [1.165, 1.54) is 6.92 Å². The third kappa shape index (κ3) is 3.86. The molecular weight excluding hydrogens is 242 g/mol. The summed E-state index contributed by atoms with van der Waals surface area (Å²) in [5, 5.41) is 9.17.